The standard InChI is InChI=1S/C15H29NO4S/c1-4-12(3)11-21(17,18)14-10-15(19-8-9-20-15)7-6-13(14)16-5-2/h12-14,16H,4-11H2,1-3H3. The van der Waals surface area contributed by atoms with Crippen molar-refractivity contribution in [3.63, 3.8) is 0 Å². The second-order valence-corrected chi connectivity index (χ2v) is 8.66. The Bertz CT molecular complexity index is 431. The van der Waals surface area contributed by atoms with Crippen LogP contribution in [-0.4, -0.2) is 51.0 Å². The van der Waals surface area contributed by atoms with Gasteiger partial charge in [0.15, 0.2) is 15.6 Å². The summed E-state index contributed by atoms with van der Waals surface area (Å²) in [5.41, 5.74) is 0. The van der Waals surface area contributed by atoms with Crippen LogP contribution < -0.4 is 5.32 Å². The molecule has 0 aromatic carbocycles. The first-order valence-corrected chi connectivity index (χ1v) is 9.87. The predicted molar refractivity (Wildman–Crippen MR) is 83.0 cm³/mol. The Labute approximate surface area is 128 Å². The van der Waals surface area contributed by atoms with Gasteiger partial charge in [0.25, 0.3) is 0 Å². The Hall–Kier alpha value is -0.170. The zero-order valence-corrected chi connectivity index (χ0v) is 14.2. The third-order valence-electron chi connectivity index (χ3n) is 4.75. The lowest BCUT2D eigenvalue weighted by Crippen LogP contribution is -2.54. The fourth-order valence-corrected chi connectivity index (χ4v) is 5.90. The summed E-state index contributed by atoms with van der Waals surface area (Å²) in [5, 5.41) is 2.94. The normalized spacial score (nSPS) is 30.6. The van der Waals surface area contributed by atoms with Crippen LogP contribution in [0.3, 0.4) is 0 Å². The van der Waals surface area contributed by atoms with Crippen molar-refractivity contribution in [2.45, 2.75) is 63.5 Å². The molecule has 1 N–H and O–H groups in total. The van der Waals surface area contributed by atoms with Crippen LogP contribution in [0.5, 0.6) is 0 Å². The van der Waals surface area contributed by atoms with Gasteiger partial charge < -0.3 is 14.8 Å². The van der Waals surface area contributed by atoms with Crippen LogP contribution in [0.2, 0.25) is 0 Å². The molecule has 0 aromatic heterocycles. The molecule has 6 heteroatoms. The fourth-order valence-electron chi connectivity index (χ4n) is 3.38. The minimum absolute atomic E-state index is 0.0162. The van der Waals surface area contributed by atoms with Crippen molar-refractivity contribution < 1.29 is 17.9 Å². The molecular formula is C15H29NO4S. The maximum absolute atomic E-state index is 12.8. The van der Waals surface area contributed by atoms with Gasteiger partial charge in [-0.25, -0.2) is 8.42 Å². The zero-order chi connectivity index (χ0) is 15.5. The Kier molecular flexibility index (Phi) is 5.68. The number of nitrogens with one attached hydrogen (secondary N) is 1. The van der Waals surface area contributed by atoms with Crippen LogP contribution in [0.1, 0.15) is 46.5 Å². The molecule has 0 radical (unpaired) electrons. The van der Waals surface area contributed by atoms with E-state index in [0.717, 1.165) is 25.8 Å². The molecule has 2 aliphatic rings. The van der Waals surface area contributed by atoms with E-state index in [0.29, 0.717) is 19.6 Å². The third kappa shape index (κ3) is 3.97. The molecule has 5 nitrogen and oxygen atoms in total. The summed E-state index contributed by atoms with van der Waals surface area (Å²) in [6, 6.07) is 0.0162. The molecule has 1 saturated heterocycles. The van der Waals surface area contributed by atoms with Gasteiger partial charge in [0, 0.05) is 18.9 Å². The average molecular weight is 319 g/mol. The average Bonchev–Trinajstić information content (AvgIpc) is 2.89. The summed E-state index contributed by atoms with van der Waals surface area (Å²) in [7, 11) is -3.15. The first kappa shape index (κ1) is 17.2. The minimum Gasteiger partial charge on any atom is -0.347 e. The van der Waals surface area contributed by atoms with Crippen molar-refractivity contribution in [1.82, 2.24) is 5.32 Å². The van der Waals surface area contributed by atoms with Gasteiger partial charge in [-0.05, 0) is 18.9 Å². The third-order valence-corrected chi connectivity index (χ3v) is 7.20. The quantitative estimate of drug-likeness (QED) is 0.807. The Morgan fingerprint density at radius 2 is 1.95 bits per heavy atom. The van der Waals surface area contributed by atoms with Crippen molar-refractivity contribution in [3.8, 4) is 0 Å². The molecule has 1 aliphatic carbocycles. The Balaban J connectivity index is 2.17. The molecule has 1 heterocycles. The van der Waals surface area contributed by atoms with Gasteiger partial charge in [-0.2, -0.15) is 0 Å². The van der Waals surface area contributed by atoms with Crippen molar-refractivity contribution >= 4 is 9.84 Å². The van der Waals surface area contributed by atoms with Crippen LogP contribution in [0.15, 0.2) is 0 Å². The Morgan fingerprint density at radius 3 is 2.52 bits per heavy atom. The van der Waals surface area contributed by atoms with E-state index in [4.69, 9.17) is 9.47 Å². The molecule has 3 unspecified atom stereocenters. The molecule has 1 spiro atoms. The number of hydrogen-bond donors (Lipinski definition) is 1. The number of sulfone groups is 1. The molecular weight excluding hydrogens is 290 g/mol. The first-order valence-electron chi connectivity index (χ1n) is 8.15. The fraction of sp³-hybridized carbons (Fsp3) is 1.00. The monoisotopic (exact) mass is 319 g/mol. The maximum Gasteiger partial charge on any atom is 0.169 e. The lowest BCUT2D eigenvalue weighted by molar-refractivity contribution is -0.178. The summed E-state index contributed by atoms with van der Waals surface area (Å²) >= 11 is 0. The zero-order valence-electron chi connectivity index (χ0n) is 13.4. The summed E-state index contributed by atoms with van der Waals surface area (Å²) in [4.78, 5) is 0. The SMILES string of the molecule is CCNC1CCC2(CC1S(=O)(=O)CC(C)CC)OCCO2. The van der Waals surface area contributed by atoms with Crippen molar-refractivity contribution in [2.24, 2.45) is 5.92 Å². The van der Waals surface area contributed by atoms with Crippen LogP contribution in [-0.2, 0) is 19.3 Å². The van der Waals surface area contributed by atoms with E-state index in [1.165, 1.54) is 0 Å². The topological polar surface area (TPSA) is 64.6 Å². The number of rotatable bonds is 6. The molecule has 21 heavy (non-hydrogen) atoms. The van der Waals surface area contributed by atoms with Gasteiger partial charge in [0.2, 0.25) is 0 Å². The minimum atomic E-state index is -3.15. The summed E-state index contributed by atoms with van der Waals surface area (Å²) in [5.74, 6) is -0.203. The molecule has 2 rings (SSSR count). The van der Waals surface area contributed by atoms with Gasteiger partial charge in [0.05, 0.1) is 24.2 Å². The van der Waals surface area contributed by atoms with E-state index in [-0.39, 0.29) is 17.7 Å². The van der Waals surface area contributed by atoms with E-state index in [2.05, 4.69) is 5.32 Å². The van der Waals surface area contributed by atoms with E-state index in [1.54, 1.807) is 0 Å². The summed E-state index contributed by atoms with van der Waals surface area (Å²) < 4.78 is 37.2. The highest BCUT2D eigenvalue weighted by Crippen LogP contribution is 2.39. The predicted octanol–water partition coefficient (Wildman–Crippen LogP) is 1.72. The van der Waals surface area contributed by atoms with Crippen molar-refractivity contribution in [3.05, 3.63) is 0 Å². The van der Waals surface area contributed by atoms with Crippen molar-refractivity contribution in [2.75, 3.05) is 25.5 Å². The van der Waals surface area contributed by atoms with Crippen LogP contribution in [0, 0.1) is 5.92 Å². The van der Waals surface area contributed by atoms with Gasteiger partial charge >= 0.3 is 0 Å². The highest BCUT2D eigenvalue weighted by molar-refractivity contribution is 7.92. The molecule has 1 saturated carbocycles. The molecule has 3 atom stereocenters. The summed E-state index contributed by atoms with van der Waals surface area (Å²) in [6.07, 6.45) is 2.91. The smallest absolute Gasteiger partial charge is 0.169 e. The van der Waals surface area contributed by atoms with Crippen LogP contribution >= 0.6 is 0 Å². The molecule has 2 fully saturated rings. The largest absolute Gasteiger partial charge is 0.347 e. The Morgan fingerprint density at radius 1 is 1.29 bits per heavy atom. The number of hydrogen-bond acceptors (Lipinski definition) is 5. The first-order chi connectivity index (χ1) is 9.92. The van der Waals surface area contributed by atoms with Crippen LogP contribution in [0.4, 0.5) is 0 Å². The van der Waals surface area contributed by atoms with Gasteiger partial charge in [-0.15, -0.1) is 0 Å². The van der Waals surface area contributed by atoms with E-state index in [1.807, 2.05) is 20.8 Å². The second kappa shape index (κ2) is 6.94. The lowest BCUT2D eigenvalue weighted by atomic mass is 9.89. The molecule has 124 valence electrons. The molecule has 1 aliphatic heterocycles. The molecule has 0 amide bonds. The lowest BCUT2D eigenvalue weighted by Gasteiger charge is -2.41. The highest BCUT2D eigenvalue weighted by Gasteiger charge is 2.49. The van der Waals surface area contributed by atoms with Gasteiger partial charge in [-0.1, -0.05) is 27.2 Å². The van der Waals surface area contributed by atoms with Gasteiger partial charge in [-0.3, -0.25) is 0 Å². The van der Waals surface area contributed by atoms with Crippen molar-refractivity contribution in [1.29, 1.82) is 0 Å². The number of ether oxygens (including phenoxy) is 2. The van der Waals surface area contributed by atoms with Crippen LogP contribution in [0.25, 0.3) is 0 Å². The van der Waals surface area contributed by atoms with E-state index >= 15 is 0 Å². The molecule has 0 bridgehead atoms. The summed E-state index contributed by atoms with van der Waals surface area (Å²) in [6.45, 7) is 7.99. The maximum atomic E-state index is 12.8. The van der Waals surface area contributed by atoms with E-state index in [9.17, 15) is 8.42 Å². The van der Waals surface area contributed by atoms with E-state index < -0.39 is 20.9 Å². The molecule has 0 aromatic rings. The van der Waals surface area contributed by atoms with Gasteiger partial charge in [0.1, 0.15) is 0 Å². The highest BCUT2D eigenvalue weighted by atomic mass is 32.2. The second-order valence-electron chi connectivity index (χ2n) is 6.40.